The molecule has 0 bridgehead atoms. The van der Waals surface area contributed by atoms with E-state index >= 15 is 0 Å². The number of hydrogen-bond donors (Lipinski definition) is 10. The number of benzene rings is 3. The SMILES string of the molecule is CC(C)(C)OC(=O)N1CCC(N)C1.[C-]#[N+]c1c(Nc2cc(C(=O)NC)ccc2C)nc(NC2CCN(C(=O)OC(C)(C)C)C2)nc1N(C)CC(C)(C)C.[C-]#[N+]c1c(Nc2cc(C(=O)NC)ccc2C)nc(NC2CCNC2)nc1N(C)CC(C)(C)C.[C-]#[N+]c1c(Nc2cc(C(=O)NC)ccc2C)nc(S(C)(=O)=O)nc1N(C)CC(C)(C)C. The molecule has 11 N–H and O–H groups in total. The zero-order chi connectivity index (χ0) is 87.6. The lowest BCUT2D eigenvalue weighted by Gasteiger charge is -2.29. The average molecular weight is 1630 g/mol. The zero-order valence-electron chi connectivity index (χ0n) is 72.8. The number of likely N-dealkylation sites (tertiary alicyclic amines) is 2. The fraction of sp³-hybridized carbons (Fsp3) is 0.542. The molecule has 3 atom stereocenters. The fourth-order valence-electron chi connectivity index (χ4n) is 12.6. The Bertz CT molecular complexity index is 4780. The first-order valence-corrected chi connectivity index (χ1v) is 40.7. The van der Waals surface area contributed by atoms with Crippen LogP contribution < -0.4 is 68.3 Å². The number of hydrogen-bond acceptors (Lipinski definition) is 25. The van der Waals surface area contributed by atoms with E-state index in [1.165, 1.54) is 7.05 Å². The van der Waals surface area contributed by atoms with Gasteiger partial charge in [-0.1, -0.05) is 80.5 Å². The molecule has 3 aromatic carbocycles. The molecule has 0 aliphatic carbocycles. The van der Waals surface area contributed by atoms with Crippen LogP contribution in [0, 0.1) is 56.7 Å². The van der Waals surface area contributed by atoms with E-state index in [0.29, 0.717) is 108 Å². The molecule has 33 nitrogen and oxygen atoms in total. The summed E-state index contributed by atoms with van der Waals surface area (Å²) in [5.74, 6) is 2.30. The number of anilines is 11. The quantitative estimate of drug-likeness (QED) is 0.0251. The number of amides is 5. The molecule has 9 rings (SSSR count). The van der Waals surface area contributed by atoms with E-state index in [4.69, 9.17) is 49.9 Å². The Labute approximate surface area is 691 Å². The molecule has 6 heterocycles. The van der Waals surface area contributed by atoms with Gasteiger partial charge in [0.05, 0.1) is 19.7 Å². The summed E-state index contributed by atoms with van der Waals surface area (Å²) >= 11 is 0. The summed E-state index contributed by atoms with van der Waals surface area (Å²) in [6.07, 6.45) is 2.99. The average Bonchev–Trinajstić information content (AvgIpc) is 1.62. The standard InChI is InChI=1S/C29H42N8O3.C24H34N8O.C21H28N6O3S.C9H18N2O2/c1-18-11-12-19(25(38)31-9)15-21(18)33-23-22(30-8)24(36(10)17-28(2,3)4)35-26(34-23)32-20-13-14-37(16-20)27(39)40-29(5,6)7;1-15-8-9-16(22(33)26-6)12-18(15)29-20-19(25-5)21(32(7)14-24(2,3)4)31-23(30-20)28-17-10-11-27-13-17;1-13-9-10-14(19(28)23-6)11-15(13)24-17-16(22-5)18(27(7)12-21(2,3)4)26-20(25-17)31(8,29)30;1-9(2,3)13-8(12)11-5-4-7(10)6-11/h11-12,15,20H,13-14,16-17H2,1-7,9-10H3,(H,31,38)(H2,32,33,34,35);8-9,12,17,27H,10-11,13-14H2,1-4,6-7H3,(H,26,33)(H2,28,29,30,31);9-11H,12H2,1-4,6-8H3,(H,23,28)(H,24,25,26);7H,4-6,10H2,1-3H3. The first kappa shape index (κ1) is 94.4. The largest absolute Gasteiger partial charge is 0.444 e. The molecule has 3 unspecified atom stereocenters. The molecular formula is C83H122N24O9S. The van der Waals surface area contributed by atoms with Gasteiger partial charge >= 0.3 is 12.2 Å². The van der Waals surface area contributed by atoms with Gasteiger partial charge < -0.3 is 87.6 Å². The van der Waals surface area contributed by atoms with Crippen molar-refractivity contribution < 1.29 is 41.9 Å². The predicted molar refractivity (Wildman–Crippen MR) is 465 cm³/mol. The number of aromatic nitrogens is 6. The Morgan fingerprint density at radius 3 is 1.16 bits per heavy atom. The monoisotopic (exact) mass is 1630 g/mol. The molecule has 34 heteroatoms. The van der Waals surface area contributed by atoms with Crippen molar-refractivity contribution in [3.05, 3.63) is 122 Å². The van der Waals surface area contributed by atoms with Crippen LogP contribution in [0.15, 0.2) is 59.8 Å². The highest BCUT2D eigenvalue weighted by Gasteiger charge is 2.34. The van der Waals surface area contributed by atoms with Crippen molar-refractivity contribution >= 4 is 121 Å². The summed E-state index contributed by atoms with van der Waals surface area (Å²) in [7, 11) is 6.60. The van der Waals surface area contributed by atoms with Gasteiger partial charge in [-0.25, -0.2) is 62.4 Å². The van der Waals surface area contributed by atoms with E-state index in [2.05, 4.69) is 119 Å². The summed E-state index contributed by atoms with van der Waals surface area (Å²) in [5.41, 5.74) is 11.3. The third-order valence-electron chi connectivity index (χ3n) is 17.8. The second kappa shape index (κ2) is 40.0. The van der Waals surface area contributed by atoms with Crippen LogP contribution in [0.2, 0.25) is 0 Å². The molecule has 3 aliphatic heterocycles. The maximum atomic E-state index is 12.6. The highest BCUT2D eigenvalue weighted by atomic mass is 32.2. The summed E-state index contributed by atoms with van der Waals surface area (Å²) in [6, 6.07) is 16.1. The molecule has 6 aromatic rings. The Morgan fingerprint density at radius 2 is 0.855 bits per heavy atom. The molecule has 3 saturated heterocycles. The van der Waals surface area contributed by atoms with Crippen molar-refractivity contribution in [1.29, 1.82) is 0 Å². The van der Waals surface area contributed by atoms with Crippen molar-refractivity contribution in [2.45, 2.75) is 178 Å². The minimum atomic E-state index is -3.73. The third-order valence-corrected chi connectivity index (χ3v) is 18.7. The highest BCUT2D eigenvalue weighted by Crippen LogP contribution is 2.42. The smallest absolute Gasteiger partial charge is 0.410 e. The van der Waals surface area contributed by atoms with Crippen molar-refractivity contribution in [2.24, 2.45) is 22.0 Å². The van der Waals surface area contributed by atoms with E-state index < -0.39 is 21.0 Å². The summed E-state index contributed by atoms with van der Waals surface area (Å²) < 4.78 is 35.2. The van der Waals surface area contributed by atoms with Gasteiger partial charge in [-0.05, 0) is 157 Å². The molecular weight excluding hydrogens is 1510 g/mol. The molecule has 3 fully saturated rings. The number of nitrogens with one attached hydrogen (secondary N) is 9. The van der Waals surface area contributed by atoms with Crippen LogP contribution >= 0.6 is 0 Å². The van der Waals surface area contributed by atoms with Crippen LogP contribution in [0.3, 0.4) is 0 Å². The predicted octanol–water partition coefficient (Wildman–Crippen LogP) is 13.3. The lowest BCUT2D eigenvalue weighted by Crippen LogP contribution is -2.36. The van der Waals surface area contributed by atoms with Gasteiger partial charge in [0.1, 0.15) is 46.1 Å². The molecule has 0 saturated carbocycles. The van der Waals surface area contributed by atoms with Crippen LogP contribution in [0.4, 0.5) is 90.5 Å². The van der Waals surface area contributed by atoms with Gasteiger partial charge in [0.15, 0.2) is 0 Å². The number of rotatable bonds is 20. The molecule has 634 valence electrons. The second-order valence-electron chi connectivity index (χ2n) is 35.1. The molecule has 0 radical (unpaired) electrons. The van der Waals surface area contributed by atoms with Crippen molar-refractivity contribution in [3.63, 3.8) is 0 Å². The summed E-state index contributed by atoms with van der Waals surface area (Å²) in [6.45, 7) is 65.4. The number of carbonyl (C=O) groups excluding carboxylic acids is 5. The van der Waals surface area contributed by atoms with Crippen LogP contribution in [0.1, 0.15) is 171 Å². The van der Waals surface area contributed by atoms with Gasteiger partial charge in [0.2, 0.25) is 26.9 Å². The Balaban J connectivity index is 0.000000254. The van der Waals surface area contributed by atoms with Crippen LogP contribution in [0.5, 0.6) is 0 Å². The first-order valence-electron chi connectivity index (χ1n) is 38.8. The number of carbonyl (C=O) groups is 5. The van der Waals surface area contributed by atoms with Crippen molar-refractivity contribution in [1.82, 2.24) is 61.0 Å². The first-order chi connectivity index (χ1) is 54.3. The number of nitrogens with two attached hydrogens (primary N) is 1. The minimum absolute atomic E-state index is 0.0218. The maximum Gasteiger partial charge on any atom is 0.410 e. The Hall–Kier alpha value is -11.4. The van der Waals surface area contributed by atoms with Crippen LogP contribution in [-0.4, -0.2) is 215 Å². The topological polar surface area (TPSA) is 379 Å². The van der Waals surface area contributed by atoms with E-state index in [0.717, 1.165) is 67.7 Å². The van der Waals surface area contributed by atoms with Gasteiger partial charge in [0, 0.05) is 153 Å². The van der Waals surface area contributed by atoms with E-state index in [-0.39, 0.29) is 92.4 Å². The normalized spacial score (nSPS) is 15.3. The number of aryl methyl sites for hydroxylation is 3. The van der Waals surface area contributed by atoms with Gasteiger partial charge in [-0.3, -0.25) is 14.4 Å². The fourth-order valence-corrected chi connectivity index (χ4v) is 13.1. The molecule has 0 spiro atoms. The van der Waals surface area contributed by atoms with Gasteiger partial charge in [0.25, 0.3) is 34.8 Å². The van der Waals surface area contributed by atoms with E-state index in [9.17, 15) is 32.4 Å². The lowest BCUT2D eigenvalue weighted by molar-refractivity contribution is 0.0282. The minimum Gasteiger partial charge on any atom is -0.444 e. The van der Waals surface area contributed by atoms with Crippen molar-refractivity contribution in [2.75, 3.05) is 149 Å². The molecule has 3 aliphatic rings. The van der Waals surface area contributed by atoms with Gasteiger partial charge in [-0.2, -0.15) is 0 Å². The van der Waals surface area contributed by atoms with Gasteiger partial charge in [-0.15, -0.1) is 0 Å². The number of nitrogens with zero attached hydrogens (tertiary/aromatic N) is 14. The molecule has 117 heavy (non-hydrogen) atoms. The van der Waals surface area contributed by atoms with Crippen LogP contribution in [-0.2, 0) is 19.3 Å². The summed E-state index contributed by atoms with van der Waals surface area (Å²) in [4.78, 5) is 108. The zero-order valence-corrected chi connectivity index (χ0v) is 73.7. The third kappa shape index (κ3) is 28.8. The maximum absolute atomic E-state index is 12.6. The van der Waals surface area contributed by atoms with Crippen LogP contribution in [0.25, 0.3) is 14.5 Å². The second-order valence-corrected chi connectivity index (χ2v) is 37.0. The van der Waals surface area contributed by atoms with Crippen molar-refractivity contribution in [3.8, 4) is 0 Å². The van der Waals surface area contributed by atoms with E-state index in [1.807, 2.05) is 119 Å². The Kier molecular flexibility index (Phi) is 32.3. The molecule has 3 aromatic heterocycles. The number of ether oxygens (including phenoxy) is 2. The molecule has 5 amide bonds. The van der Waals surface area contributed by atoms with E-state index in [1.54, 1.807) is 78.3 Å². The Morgan fingerprint density at radius 1 is 0.513 bits per heavy atom. The number of sulfone groups is 1. The highest BCUT2D eigenvalue weighted by molar-refractivity contribution is 7.90. The lowest BCUT2D eigenvalue weighted by atomic mass is 9.96. The summed E-state index contributed by atoms with van der Waals surface area (Å²) in [5, 5.41) is 27.2.